The highest BCUT2D eigenvalue weighted by atomic mass is 19.4. The molecular formula is C25H20F3N3O6. The second-order valence-corrected chi connectivity index (χ2v) is 7.63. The minimum absolute atomic E-state index is 0.0254. The van der Waals surface area contributed by atoms with Gasteiger partial charge in [-0.25, -0.2) is 9.97 Å². The Morgan fingerprint density at radius 2 is 1.68 bits per heavy atom. The molecule has 0 spiro atoms. The fourth-order valence-electron chi connectivity index (χ4n) is 3.36. The van der Waals surface area contributed by atoms with Crippen molar-refractivity contribution in [1.82, 2.24) is 9.97 Å². The lowest BCUT2D eigenvalue weighted by atomic mass is 10.1. The Balaban J connectivity index is 1.53. The largest absolute Gasteiger partial charge is 0.493 e. The summed E-state index contributed by atoms with van der Waals surface area (Å²) in [6, 6.07) is 7.03. The monoisotopic (exact) mass is 515 g/mol. The number of nitrogens with zero attached hydrogens (tertiary/aromatic N) is 2. The van der Waals surface area contributed by atoms with Gasteiger partial charge in [-0.1, -0.05) is 0 Å². The highest BCUT2D eigenvalue weighted by Crippen LogP contribution is 2.35. The van der Waals surface area contributed by atoms with E-state index in [0.717, 1.165) is 36.4 Å². The van der Waals surface area contributed by atoms with E-state index in [4.69, 9.17) is 18.9 Å². The molecule has 1 aliphatic rings. The van der Waals surface area contributed by atoms with Crippen molar-refractivity contribution in [3.8, 4) is 17.2 Å². The second kappa shape index (κ2) is 10.7. The number of hydrogen-bond donors (Lipinski definition) is 1. The number of aromatic nitrogens is 2. The summed E-state index contributed by atoms with van der Waals surface area (Å²) in [5.74, 6) is -0.544. The van der Waals surface area contributed by atoms with Crippen molar-refractivity contribution >= 4 is 28.3 Å². The summed E-state index contributed by atoms with van der Waals surface area (Å²) in [6.45, 7) is 0.668. The fraction of sp³-hybridized carbons (Fsp3) is 0.200. The number of ether oxygens (including phenoxy) is 4. The van der Waals surface area contributed by atoms with Crippen LogP contribution in [0.25, 0.3) is 10.9 Å². The van der Waals surface area contributed by atoms with Crippen LogP contribution in [0, 0.1) is 0 Å². The number of carbonyl (C=O) groups excluding carboxylic acids is 2. The molecule has 0 unspecified atom stereocenters. The van der Waals surface area contributed by atoms with Gasteiger partial charge in [-0.2, -0.15) is 13.2 Å². The number of fused-ring (bicyclic) bond motifs is 1. The van der Waals surface area contributed by atoms with E-state index in [1.54, 1.807) is 19.2 Å². The molecule has 0 aliphatic heterocycles. The summed E-state index contributed by atoms with van der Waals surface area (Å²) < 4.78 is 59.6. The van der Waals surface area contributed by atoms with E-state index in [1.807, 2.05) is 0 Å². The van der Waals surface area contributed by atoms with Crippen LogP contribution in [-0.2, 0) is 20.5 Å². The van der Waals surface area contributed by atoms with Gasteiger partial charge in [-0.05, 0) is 30.3 Å². The summed E-state index contributed by atoms with van der Waals surface area (Å²) in [7, 11) is 3.02. The number of methoxy groups -OCH3 is 2. The lowest BCUT2D eigenvalue weighted by Crippen LogP contribution is -2.21. The first-order valence-corrected chi connectivity index (χ1v) is 10.8. The summed E-state index contributed by atoms with van der Waals surface area (Å²) in [5.41, 5.74) is -0.458. The quantitative estimate of drug-likeness (QED) is 0.333. The van der Waals surface area contributed by atoms with Crippen LogP contribution in [0.3, 0.4) is 0 Å². The summed E-state index contributed by atoms with van der Waals surface area (Å²) in [4.78, 5) is 33.7. The Morgan fingerprint density at radius 1 is 0.919 bits per heavy atom. The Bertz CT molecular complexity index is 1400. The molecular weight excluding hydrogens is 495 g/mol. The number of halogens is 3. The first kappa shape index (κ1) is 25.6. The van der Waals surface area contributed by atoms with Crippen molar-refractivity contribution in [2.45, 2.75) is 6.18 Å². The van der Waals surface area contributed by atoms with Crippen LogP contribution < -0.4 is 19.5 Å². The van der Waals surface area contributed by atoms with Gasteiger partial charge in [0.2, 0.25) is 11.6 Å². The third-order valence-electron chi connectivity index (χ3n) is 5.17. The van der Waals surface area contributed by atoms with Crippen LogP contribution in [0.15, 0.2) is 66.3 Å². The van der Waals surface area contributed by atoms with E-state index >= 15 is 0 Å². The molecule has 12 heteroatoms. The molecule has 0 bridgehead atoms. The van der Waals surface area contributed by atoms with Crippen molar-refractivity contribution < 1.29 is 41.7 Å². The van der Waals surface area contributed by atoms with Crippen LogP contribution in [0.1, 0.15) is 5.56 Å². The lowest BCUT2D eigenvalue weighted by molar-refractivity contribution is -0.137. The zero-order valence-electron chi connectivity index (χ0n) is 19.6. The van der Waals surface area contributed by atoms with Crippen LogP contribution in [0.4, 0.5) is 19.0 Å². The standard InChI is InChI=1S/C25H20F3N3O6/c1-34-7-8-36-23-11-17-16(9-22(23)35-2)24(30-13-29-17)31-18-10-20(33)21(12-19(18)32)37-15-5-3-14(4-6-15)25(26,27)28/h3-6,9-13H,7-8H2,1-2H3,(H,29,30,31). The number of hydrogen-bond acceptors (Lipinski definition) is 9. The number of alkyl halides is 3. The highest BCUT2D eigenvalue weighted by molar-refractivity contribution is 6.20. The minimum atomic E-state index is -4.51. The molecule has 3 aromatic rings. The van der Waals surface area contributed by atoms with Gasteiger partial charge in [0.05, 0.1) is 30.5 Å². The highest BCUT2D eigenvalue weighted by Gasteiger charge is 2.30. The van der Waals surface area contributed by atoms with Gasteiger partial charge < -0.3 is 24.3 Å². The van der Waals surface area contributed by atoms with Gasteiger partial charge in [-0.15, -0.1) is 0 Å². The molecule has 9 nitrogen and oxygen atoms in total. The van der Waals surface area contributed by atoms with Crippen molar-refractivity contribution in [3.63, 3.8) is 0 Å². The van der Waals surface area contributed by atoms with E-state index in [0.29, 0.717) is 35.6 Å². The molecule has 0 saturated carbocycles. The molecule has 0 amide bonds. The molecule has 1 heterocycles. The summed E-state index contributed by atoms with van der Waals surface area (Å²) >= 11 is 0. The maximum Gasteiger partial charge on any atom is 0.416 e. The van der Waals surface area contributed by atoms with Crippen LogP contribution in [0.5, 0.6) is 17.2 Å². The SMILES string of the molecule is COCCOc1cc2ncnc(NC3=CC(=O)C(Oc4ccc(C(F)(F)F)cc4)=CC3=O)c2cc1OC. The predicted molar refractivity (Wildman–Crippen MR) is 125 cm³/mol. The predicted octanol–water partition coefficient (Wildman–Crippen LogP) is 4.09. The molecule has 1 aliphatic carbocycles. The van der Waals surface area contributed by atoms with Crippen LogP contribution in [-0.4, -0.2) is 49.0 Å². The average molecular weight is 515 g/mol. The maximum absolute atomic E-state index is 12.7. The molecule has 4 rings (SSSR count). The van der Waals surface area contributed by atoms with Crippen LogP contribution in [0.2, 0.25) is 0 Å². The number of allylic oxidation sites excluding steroid dienone is 2. The minimum Gasteiger partial charge on any atom is -0.493 e. The summed E-state index contributed by atoms with van der Waals surface area (Å²) in [5, 5.41) is 3.33. The van der Waals surface area contributed by atoms with Gasteiger partial charge in [-0.3, -0.25) is 9.59 Å². The zero-order valence-corrected chi connectivity index (χ0v) is 19.6. The van der Waals surface area contributed by atoms with Crippen molar-refractivity contribution in [3.05, 3.63) is 71.9 Å². The Labute approximate surface area is 208 Å². The molecule has 1 aromatic heterocycles. The smallest absolute Gasteiger partial charge is 0.416 e. The second-order valence-electron chi connectivity index (χ2n) is 7.63. The molecule has 192 valence electrons. The summed E-state index contributed by atoms with van der Waals surface area (Å²) in [6.07, 6.45) is -1.25. The molecule has 0 fully saturated rings. The Hall–Kier alpha value is -4.45. The first-order chi connectivity index (χ1) is 17.7. The van der Waals surface area contributed by atoms with E-state index in [1.165, 1.54) is 13.4 Å². The third kappa shape index (κ3) is 5.86. The number of nitrogens with one attached hydrogen (secondary N) is 1. The van der Waals surface area contributed by atoms with Gasteiger partial charge in [0, 0.05) is 30.7 Å². The molecule has 0 saturated heterocycles. The molecule has 0 atom stereocenters. The van der Waals surface area contributed by atoms with E-state index in [-0.39, 0.29) is 23.0 Å². The fourth-order valence-corrected chi connectivity index (χ4v) is 3.36. The average Bonchev–Trinajstić information content (AvgIpc) is 2.86. The van der Waals surface area contributed by atoms with E-state index in [2.05, 4.69) is 15.3 Å². The number of benzene rings is 2. The van der Waals surface area contributed by atoms with Gasteiger partial charge in [0.15, 0.2) is 17.3 Å². The zero-order chi connectivity index (χ0) is 26.6. The number of rotatable bonds is 9. The van der Waals surface area contributed by atoms with Crippen LogP contribution >= 0.6 is 0 Å². The van der Waals surface area contributed by atoms with Gasteiger partial charge in [0.1, 0.15) is 24.5 Å². The molecule has 0 radical (unpaired) electrons. The topological polar surface area (TPSA) is 109 Å². The maximum atomic E-state index is 12.7. The molecule has 2 aromatic carbocycles. The van der Waals surface area contributed by atoms with Gasteiger partial charge >= 0.3 is 6.18 Å². The molecule has 1 N–H and O–H groups in total. The van der Waals surface area contributed by atoms with E-state index < -0.39 is 23.3 Å². The number of ketones is 2. The Kier molecular flexibility index (Phi) is 7.39. The first-order valence-electron chi connectivity index (χ1n) is 10.8. The number of anilines is 1. The lowest BCUT2D eigenvalue weighted by Gasteiger charge is -2.16. The van der Waals surface area contributed by atoms with Crippen molar-refractivity contribution in [2.24, 2.45) is 0 Å². The number of carbonyl (C=O) groups is 2. The third-order valence-corrected chi connectivity index (χ3v) is 5.17. The van der Waals surface area contributed by atoms with E-state index in [9.17, 15) is 22.8 Å². The van der Waals surface area contributed by atoms with Crippen molar-refractivity contribution in [1.29, 1.82) is 0 Å². The normalized spacial score (nSPS) is 13.8. The van der Waals surface area contributed by atoms with Gasteiger partial charge in [0.25, 0.3) is 0 Å². The Morgan fingerprint density at radius 3 is 2.35 bits per heavy atom. The van der Waals surface area contributed by atoms with Crippen molar-refractivity contribution in [2.75, 3.05) is 32.8 Å². The molecule has 37 heavy (non-hydrogen) atoms.